The van der Waals surface area contributed by atoms with Crippen molar-refractivity contribution in [1.82, 2.24) is 10.2 Å². The number of nitrogens with one attached hydrogen (secondary N) is 1. The van der Waals surface area contributed by atoms with Gasteiger partial charge in [0, 0.05) is 24.9 Å². The molecule has 1 heterocycles. The molecule has 2 aromatic rings. The second-order valence-corrected chi connectivity index (χ2v) is 10.1. The van der Waals surface area contributed by atoms with Crippen molar-refractivity contribution < 1.29 is 24.2 Å². The number of hydrogen-bond acceptors (Lipinski definition) is 6. The van der Waals surface area contributed by atoms with E-state index in [-0.39, 0.29) is 23.8 Å². The van der Waals surface area contributed by atoms with Crippen LogP contribution in [0.1, 0.15) is 80.8 Å². The molecule has 0 aromatic heterocycles. The predicted octanol–water partition coefficient (Wildman–Crippen LogP) is 4.93. The van der Waals surface area contributed by atoms with Crippen LogP contribution in [0.5, 0.6) is 11.5 Å². The number of aliphatic hydroxyl groups excluding tert-OH is 1. The third-order valence-corrected chi connectivity index (χ3v) is 6.69. The smallest absolute Gasteiger partial charge is 0.220 e. The van der Waals surface area contributed by atoms with E-state index in [9.17, 15) is 14.7 Å². The van der Waals surface area contributed by atoms with E-state index in [1.54, 1.807) is 7.11 Å². The number of methoxy groups -OCH3 is 1. The van der Waals surface area contributed by atoms with Crippen LogP contribution in [0.3, 0.4) is 0 Å². The first kappa shape index (κ1) is 28.7. The molecule has 7 heteroatoms. The van der Waals surface area contributed by atoms with Crippen LogP contribution in [0.25, 0.3) is 0 Å². The molecule has 0 spiro atoms. The van der Waals surface area contributed by atoms with Gasteiger partial charge in [0.2, 0.25) is 5.91 Å². The topological polar surface area (TPSA) is 88.1 Å². The Morgan fingerprint density at radius 3 is 2.16 bits per heavy atom. The average Bonchev–Trinajstić information content (AvgIpc) is 3.41. The lowest BCUT2D eigenvalue weighted by atomic mass is 10.0. The van der Waals surface area contributed by atoms with Gasteiger partial charge in [0.25, 0.3) is 0 Å². The van der Waals surface area contributed by atoms with Crippen LogP contribution in [0.2, 0.25) is 0 Å². The molecule has 202 valence electrons. The maximum atomic E-state index is 12.8. The summed E-state index contributed by atoms with van der Waals surface area (Å²) in [5.74, 6) is 1.53. The molecular formula is C30H42N2O5. The molecule has 37 heavy (non-hydrogen) atoms. The van der Waals surface area contributed by atoms with Crippen LogP contribution >= 0.6 is 0 Å². The summed E-state index contributed by atoms with van der Waals surface area (Å²) in [5.41, 5.74) is 1.44. The third-order valence-electron chi connectivity index (χ3n) is 6.69. The van der Waals surface area contributed by atoms with Gasteiger partial charge in [-0.25, -0.2) is 0 Å². The van der Waals surface area contributed by atoms with Crippen molar-refractivity contribution in [1.29, 1.82) is 0 Å². The van der Waals surface area contributed by atoms with Gasteiger partial charge in [-0.2, -0.15) is 0 Å². The normalized spacial score (nSPS) is 15.4. The minimum Gasteiger partial charge on any atom is -0.497 e. The SMILES string of the molecule is COc1ccc([C@@H](O)[C@@H](CN2CCCC2)NC(=O)CCCCCC(=O)c2ccc(OC(C)C)cc2)cc1. The summed E-state index contributed by atoms with van der Waals surface area (Å²) in [4.78, 5) is 27.5. The number of hydrogen-bond donors (Lipinski definition) is 2. The van der Waals surface area contributed by atoms with Gasteiger partial charge in [0.1, 0.15) is 17.6 Å². The Kier molecular flexibility index (Phi) is 11.4. The van der Waals surface area contributed by atoms with E-state index in [2.05, 4.69) is 10.2 Å². The first-order valence-electron chi connectivity index (χ1n) is 13.5. The van der Waals surface area contributed by atoms with Crippen LogP contribution in [0.4, 0.5) is 0 Å². The molecule has 1 aliphatic rings. The van der Waals surface area contributed by atoms with Crippen LogP contribution in [0, 0.1) is 0 Å². The lowest BCUT2D eigenvalue weighted by Crippen LogP contribution is -2.46. The Labute approximate surface area is 221 Å². The zero-order chi connectivity index (χ0) is 26.6. The second kappa shape index (κ2) is 14.7. The van der Waals surface area contributed by atoms with E-state index in [1.165, 1.54) is 0 Å². The lowest BCUT2D eigenvalue weighted by molar-refractivity contribution is -0.123. The predicted molar refractivity (Wildman–Crippen MR) is 145 cm³/mol. The number of amides is 1. The number of benzene rings is 2. The quantitative estimate of drug-likeness (QED) is 0.261. The number of Topliss-reactive ketones (excluding diaryl/α,β-unsaturated/α-hetero) is 1. The zero-order valence-electron chi connectivity index (χ0n) is 22.4. The van der Waals surface area contributed by atoms with E-state index < -0.39 is 6.10 Å². The van der Waals surface area contributed by atoms with E-state index in [4.69, 9.17) is 9.47 Å². The first-order chi connectivity index (χ1) is 17.9. The number of ether oxygens (including phenoxy) is 2. The summed E-state index contributed by atoms with van der Waals surface area (Å²) in [6.45, 7) is 6.53. The molecule has 1 fully saturated rings. The Morgan fingerprint density at radius 1 is 0.919 bits per heavy atom. The highest BCUT2D eigenvalue weighted by atomic mass is 16.5. The number of ketones is 1. The monoisotopic (exact) mass is 510 g/mol. The first-order valence-corrected chi connectivity index (χ1v) is 13.5. The fourth-order valence-corrected chi connectivity index (χ4v) is 4.66. The van der Waals surface area contributed by atoms with Gasteiger partial charge in [0.05, 0.1) is 19.3 Å². The molecule has 1 saturated heterocycles. The van der Waals surface area contributed by atoms with Crippen molar-refractivity contribution in [2.75, 3.05) is 26.7 Å². The summed E-state index contributed by atoms with van der Waals surface area (Å²) >= 11 is 0. The number of unbranched alkanes of at least 4 members (excludes halogenated alkanes) is 2. The lowest BCUT2D eigenvalue weighted by Gasteiger charge is -2.29. The minimum atomic E-state index is -0.801. The standard InChI is InChI=1S/C30H42N2O5/c1-22(2)37-26-17-11-23(12-18-26)28(33)9-5-4-6-10-29(34)31-27(21-32-19-7-8-20-32)30(35)24-13-15-25(36-3)16-14-24/h11-18,22,27,30,35H,4-10,19-21H2,1-3H3,(H,31,34)/t27-,30-/m1/s1. The number of nitrogens with zero attached hydrogens (tertiary/aromatic N) is 1. The second-order valence-electron chi connectivity index (χ2n) is 10.1. The molecule has 0 bridgehead atoms. The van der Waals surface area contributed by atoms with Crippen LogP contribution < -0.4 is 14.8 Å². The highest BCUT2D eigenvalue weighted by molar-refractivity contribution is 5.96. The van der Waals surface area contributed by atoms with Gasteiger partial charge in [-0.3, -0.25) is 9.59 Å². The maximum absolute atomic E-state index is 12.8. The van der Waals surface area contributed by atoms with E-state index in [1.807, 2.05) is 62.4 Å². The molecule has 2 aromatic carbocycles. The third kappa shape index (κ3) is 9.48. The minimum absolute atomic E-state index is 0.0659. The molecule has 3 rings (SSSR count). The fourth-order valence-electron chi connectivity index (χ4n) is 4.66. The fraction of sp³-hybridized carbons (Fsp3) is 0.533. The van der Waals surface area contributed by atoms with Crippen molar-refractivity contribution in [3.63, 3.8) is 0 Å². The molecule has 0 unspecified atom stereocenters. The summed E-state index contributed by atoms with van der Waals surface area (Å²) in [6, 6.07) is 14.2. The molecule has 0 saturated carbocycles. The zero-order valence-corrected chi connectivity index (χ0v) is 22.4. The van der Waals surface area contributed by atoms with Gasteiger partial charge in [-0.1, -0.05) is 18.6 Å². The molecule has 2 atom stereocenters. The Balaban J connectivity index is 1.43. The van der Waals surface area contributed by atoms with E-state index in [0.29, 0.717) is 31.4 Å². The Bertz CT molecular complexity index is 968. The largest absolute Gasteiger partial charge is 0.497 e. The van der Waals surface area contributed by atoms with Crippen LogP contribution in [-0.4, -0.2) is 60.6 Å². The number of aliphatic hydroxyl groups is 1. The molecule has 1 aliphatic heterocycles. The molecule has 0 radical (unpaired) electrons. The van der Waals surface area contributed by atoms with Gasteiger partial charge in [0.15, 0.2) is 5.78 Å². The Hall–Kier alpha value is -2.90. The summed E-state index contributed by atoms with van der Waals surface area (Å²) in [6.07, 6.45) is 4.66. The summed E-state index contributed by atoms with van der Waals surface area (Å²) in [5, 5.41) is 14.1. The van der Waals surface area contributed by atoms with Crippen LogP contribution in [-0.2, 0) is 4.79 Å². The number of likely N-dealkylation sites (tertiary alicyclic amines) is 1. The summed E-state index contributed by atoms with van der Waals surface area (Å²) in [7, 11) is 1.61. The molecule has 1 amide bonds. The molecule has 7 nitrogen and oxygen atoms in total. The van der Waals surface area contributed by atoms with Crippen molar-refractivity contribution in [2.45, 2.75) is 77.0 Å². The van der Waals surface area contributed by atoms with E-state index in [0.717, 1.165) is 55.8 Å². The maximum Gasteiger partial charge on any atom is 0.220 e. The highest BCUT2D eigenvalue weighted by Crippen LogP contribution is 2.22. The number of rotatable bonds is 15. The van der Waals surface area contributed by atoms with Gasteiger partial charge in [-0.15, -0.1) is 0 Å². The molecule has 2 N–H and O–H groups in total. The van der Waals surface area contributed by atoms with Gasteiger partial charge in [-0.05, 0) is 94.6 Å². The van der Waals surface area contributed by atoms with Gasteiger partial charge < -0.3 is 24.8 Å². The molecule has 0 aliphatic carbocycles. The van der Waals surface area contributed by atoms with E-state index >= 15 is 0 Å². The molecular weight excluding hydrogens is 468 g/mol. The highest BCUT2D eigenvalue weighted by Gasteiger charge is 2.26. The average molecular weight is 511 g/mol. The summed E-state index contributed by atoms with van der Waals surface area (Å²) < 4.78 is 10.8. The van der Waals surface area contributed by atoms with Crippen molar-refractivity contribution >= 4 is 11.7 Å². The van der Waals surface area contributed by atoms with Crippen LogP contribution in [0.15, 0.2) is 48.5 Å². The van der Waals surface area contributed by atoms with Gasteiger partial charge >= 0.3 is 0 Å². The Morgan fingerprint density at radius 2 is 1.54 bits per heavy atom. The van der Waals surface area contributed by atoms with Crippen molar-refractivity contribution in [3.05, 3.63) is 59.7 Å². The number of carbonyl (C=O) groups excluding carboxylic acids is 2. The van der Waals surface area contributed by atoms with Crippen molar-refractivity contribution in [3.8, 4) is 11.5 Å². The van der Waals surface area contributed by atoms with Crippen molar-refractivity contribution in [2.24, 2.45) is 0 Å². The number of carbonyl (C=O) groups is 2.